The van der Waals surface area contributed by atoms with Crippen LogP contribution in [0.25, 0.3) is 11.3 Å². The van der Waals surface area contributed by atoms with Crippen molar-refractivity contribution in [2.45, 2.75) is 11.1 Å². The highest BCUT2D eigenvalue weighted by Crippen LogP contribution is 2.29. The third kappa shape index (κ3) is 3.16. The van der Waals surface area contributed by atoms with E-state index in [1.54, 1.807) is 0 Å². The van der Waals surface area contributed by atoms with Gasteiger partial charge in [-0.25, -0.2) is 8.42 Å². The van der Waals surface area contributed by atoms with E-state index in [1.807, 2.05) is 0 Å². The quantitative estimate of drug-likeness (QED) is 0.856. The van der Waals surface area contributed by atoms with E-state index in [2.05, 4.69) is 4.98 Å². The molecular weight excluding hydrogens is 291 g/mol. The molecule has 106 valence electrons. The molecule has 1 aromatic heterocycles. The van der Waals surface area contributed by atoms with Crippen LogP contribution in [0.15, 0.2) is 47.5 Å². The van der Waals surface area contributed by atoms with Crippen LogP contribution in [0.5, 0.6) is 0 Å². The molecule has 0 fully saturated rings. The van der Waals surface area contributed by atoms with Crippen LogP contribution >= 0.6 is 0 Å². The van der Waals surface area contributed by atoms with E-state index in [0.29, 0.717) is 11.3 Å². The molecule has 0 N–H and O–H groups in total. The molecule has 0 aliphatic carbocycles. The van der Waals surface area contributed by atoms with Crippen molar-refractivity contribution in [1.29, 1.82) is 0 Å². The van der Waals surface area contributed by atoms with Gasteiger partial charge in [-0.05, 0) is 24.3 Å². The summed E-state index contributed by atoms with van der Waals surface area (Å²) in [6.07, 6.45) is -2.59. The molecule has 0 aliphatic heterocycles. The first kappa shape index (κ1) is 14.5. The van der Waals surface area contributed by atoms with Crippen molar-refractivity contribution < 1.29 is 21.6 Å². The Morgan fingerprint density at radius 1 is 1.00 bits per heavy atom. The van der Waals surface area contributed by atoms with Gasteiger partial charge in [-0.15, -0.1) is 0 Å². The highest BCUT2D eigenvalue weighted by Gasteiger charge is 2.30. The largest absolute Gasteiger partial charge is 0.417 e. The molecule has 2 rings (SSSR count). The summed E-state index contributed by atoms with van der Waals surface area (Å²) in [6, 6.07) is 7.98. The van der Waals surface area contributed by atoms with Crippen molar-refractivity contribution in [2.75, 3.05) is 6.26 Å². The zero-order valence-electron chi connectivity index (χ0n) is 10.3. The maximum absolute atomic E-state index is 12.4. The van der Waals surface area contributed by atoms with Gasteiger partial charge in [-0.3, -0.25) is 4.98 Å². The number of hydrogen-bond acceptors (Lipinski definition) is 3. The fourth-order valence-corrected chi connectivity index (χ4v) is 2.24. The van der Waals surface area contributed by atoms with Crippen LogP contribution in [0.1, 0.15) is 5.56 Å². The fourth-order valence-electron chi connectivity index (χ4n) is 1.61. The SMILES string of the molecule is CS(=O)(=O)c1ccc(-c2ccc(C(F)(F)F)cn2)cc1. The van der Waals surface area contributed by atoms with Crippen molar-refractivity contribution in [3.63, 3.8) is 0 Å². The highest BCUT2D eigenvalue weighted by molar-refractivity contribution is 7.90. The molecule has 0 bridgehead atoms. The van der Waals surface area contributed by atoms with E-state index < -0.39 is 21.6 Å². The molecule has 0 amide bonds. The van der Waals surface area contributed by atoms with Gasteiger partial charge >= 0.3 is 6.18 Å². The van der Waals surface area contributed by atoms with Crippen molar-refractivity contribution in [1.82, 2.24) is 4.98 Å². The van der Waals surface area contributed by atoms with Gasteiger partial charge in [0, 0.05) is 18.0 Å². The van der Waals surface area contributed by atoms with Crippen molar-refractivity contribution in [3.8, 4) is 11.3 Å². The lowest BCUT2D eigenvalue weighted by atomic mass is 10.1. The summed E-state index contributed by atoms with van der Waals surface area (Å²) in [7, 11) is -3.30. The Labute approximate surface area is 114 Å². The topological polar surface area (TPSA) is 47.0 Å². The maximum atomic E-state index is 12.4. The molecule has 1 heterocycles. The minimum Gasteiger partial charge on any atom is -0.256 e. The number of hydrogen-bond donors (Lipinski definition) is 0. The first-order valence-corrected chi connectivity index (χ1v) is 7.41. The van der Waals surface area contributed by atoms with Gasteiger partial charge < -0.3 is 0 Å². The van der Waals surface area contributed by atoms with Crippen LogP contribution in [-0.2, 0) is 16.0 Å². The summed E-state index contributed by atoms with van der Waals surface area (Å²) in [4.78, 5) is 3.88. The van der Waals surface area contributed by atoms with Gasteiger partial charge in [0.1, 0.15) is 0 Å². The minimum atomic E-state index is -4.42. The zero-order valence-corrected chi connectivity index (χ0v) is 11.2. The first-order chi connectivity index (χ1) is 9.18. The maximum Gasteiger partial charge on any atom is 0.417 e. The Morgan fingerprint density at radius 2 is 1.60 bits per heavy atom. The van der Waals surface area contributed by atoms with Crippen molar-refractivity contribution in [3.05, 3.63) is 48.2 Å². The third-order valence-corrected chi connectivity index (χ3v) is 3.80. The summed E-state index contributed by atoms with van der Waals surface area (Å²) >= 11 is 0. The van der Waals surface area contributed by atoms with E-state index in [-0.39, 0.29) is 4.90 Å². The number of sulfone groups is 1. The highest BCUT2D eigenvalue weighted by atomic mass is 32.2. The second-order valence-electron chi connectivity index (χ2n) is 4.23. The lowest BCUT2D eigenvalue weighted by Crippen LogP contribution is -2.05. The summed E-state index contributed by atoms with van der Waals surface area (Å²) in [5, 5.41) is 0. The van der Waals surface area contributed by atoms with Gasteiger partial charge in [0.25, 0.3) is 0 Å². The smallest absolute Gasteiger partial charge is 0.256 e. The molecule has 2 aromatic rings. The molecule has 3 nitrogen and oxygen atoms in total. The molecular formula is C13H10F3NO2S. The molecule has 20 heavy (non-hydrogen) atoms. The Balaban J connectivity index is 2.33. The molecule has 0 saturated carbocycles. The lowest BCUT2D eigenvalue weighted by molar-refractivity contribution is -0.137. The predicted octanol–water partition coefficient (Wildman–Crippen LogP) is 3.17. The molecule has 7 heteroatoms. The van der Waals surface area contributed by atoms with E-state index in [1.165, 1.54) is 30.3 Å². The normalized spacial score (nSPS) is 12.4. The predicted molar refractivity (Wildman–Crippen MR) is 67.8 cm³/mol. The molecule has 0 aliphatic rings. The van der Waals surface area contributed by atoms with Gasteiger partial charge in [0.15, 0.2) is 9.84 Å². The Hall–Kier alpha value is -1.89. The number of alkyl halides is 3. The van der Waals surface area contributed by atoms with E-state index >= 15 is 0 Å². The number of benzene rings is 1. The molecule has 0 spiro atoms. The van der Waals surface area contributed by atoms with E-state index in [4.69, 9.17) is 0 Å². The number of pyridine rings is 1. The zero-order chi connectivity index (χ0) is 15.0. The molecule has 0 unspecified atom stereocenters. The summed E-state index contributed by atoms with van der Waals surface area (Å²) in [6.45, 7) is 0. The minimum absolute atomic E-state index is 0.146. The van der Waals surface area contributed by atoms with Crippen LogP contribution in [0.2, 0.25) is 0 Å². The van der Waals surface area contributed by atoms with E-state index in [0.717, 1.165) is 18.5 Å². The second kappa shape index (κ2) is 4.90. The van der Waals surface area contributed by atoms with Crippen molar-refractivity contribution >= 4 is 9.84 Å². The fraction of sp³-hybridized carbons (Fsp3) is 0.154. The average Bonchev–Trinajstić information content (AvgIpc) is 2.37. The van der Waals surface area contributed by atoms with Crippen LogP contribution < -0.4 is 0 Å². The number of aromatic nitrogens is 1. The third-order valence-electron chi connectivity index (χ3n) is 2.67. The first-order valence-electron chi connectivity index (χ1n) is 5.52. The van der Waals surface area contributed by atoms with Gasteiger partial charge in [0.05, 0.1) is 16.2 Å². The Morgan fingerprint density at radius 3 is 2.00 bits per heavy atom. The summed E-state index contributed by atoms with van der Waals surface area (Å²) in [5.41, 5.74) is 0.0678. The van der Waals surface area contributed by atoms with Gasteiger partial charge in [0.2, 0.25) is 0 Å². The molecule has 0 saturated heterocycles. The lowest BCUT2D eigenvalue weighted by Gasteiger charge is -2.07. The van der Waals surface area contributed by atoms with Gasteiger partial charge in [-0.1, -0.05) is 12.1 Å². The van der Waals surface area contributed by atoms with Crippen LogP contribution in [0.3, 0.4) is 0 Å². The molecule has 0 atom stereocenters. The second-order valence-corrected chi connectivity index (χ2v) is 6.24. The molecule has 0 radical (unpaired) electrons. The Kier molecular flexibility index (Phi) is 3.56. The van der Waals surface area contributed by atoms with Crippen LogP contribution in [0.4, 0.5) is 13.2 Å². The van der Waals surface area contributed by atoms with Gasteiger partial charge in [-0.2, -0.15) is 13.2 Å². The summed E-state index contributed by atoms with van der Waals surface area (Å²) in [5.74, 6) is 0. The molecule has 1 aromatic carbocycles. The number of rotatable bonds is 2. The monoisotopic (exact) mass is 301 g/mol. The Bertz CT molecular complexity index is 705. The van der Waals surface area contributed by atoms with E-state index in [9.17, 15) is 21.6 Å². The van der Waals surface area contributed by atoms with Crippen molar-refractivity contribution in [2.24, 2.45) is 0 Å². The number of halogens is 3. The standard InChI is InChI=1S/C13H10F3NO2S/c1-20(18,19)11-5-2-9(3-6-11)12-7-4-10(8-17-12)13(14,15)16/h2-8H,1H3. The van der Waals surface area contributed by atoms with Crippen LogP contribution in [0, 0.1) is 0 Å². The number of nitrogens with zero attached hydrogens (tertiary/aromatic N) is 1. The average molecular weight is 301 g/mol. The summed E-state index contributed by atoms with van der Waals surface area (Å²) < 4.78 is 59.8. The van der Waals surface area contributed by atoms with Crippen LogP contribution in [-0.4, -0.2) is 19.7 Å².